The van der Waals surface area contributed by atoms with Crippen LogP contribution in [0.2, 0.25) is 0 Å². The van der Waals surface area contributed by atoms with Crippen molar-refractivity contribution in [3.8, 4) is 5.75 Å². The first kappa shape index (κ1) is 17.1. The summed E-state index contributed by atoms with van der Waals surface area (Å²) in [7, 11) is 1.78. The van der Waals surface area contributed by atoms with Crippen LogP contribution in [0.25, 0.3) is 0 Å². The van der Waals surface area contributed by atoms with Gasteiger partial charge in [-0.2, -0.15) is 4.80 Å². The Bertz CT molecular complexity index is 804. The van der Waals surface area contributed by atoms with Crippen molar-refractivity contribution in [3.63, 3.8) is 0 Å². The molecule has 0 radical (unpaired) electrons. The summed E-state index contributed by atoms with van der Waals surface area (Å²) in [5, 5.41) is 14.0. The van der Waals surface area contributed by atoms with E-state index in [-0.39, 0.29) is 25.1 Å². The molecule has 130 valence electrons. The van der Waals surface area contributed by atoms with Gasteiger partial charge in [0.1, 0.15) is 12.3 Å². The number of thiophene rings is 1. The number of nitrogens with zero attached hydrogens (tertiary/aromatic N) is 5. The van der Waals surface area contributed by atoms with E-state index >= 15 is 0 Å². The van der Waals surface area contributed by atoms with E-state index in [0.29, 0.717) is 5.82 Å². The maximum absolute atomic E-state index is 12.4. The molecule has 0 saturated carbocycles. The molecule has 8 heteroatoms. The van der Waals surface area contributed by atoms with E-state index in [0.717, 1.165) is 10.6 Å². The summed E-state index contributed by atoms with van der Waals surface area (Å²) in [5.74, 6) is 1.10. The minimum Gasteiger partial charge on any atom is -0.485 e. The Hall–Kier alpha value is -2.74. The lowest BCUT2D eigenvalue weighted by Crippen LogP contribution is -2.32. The quantitative estimate of drug-likeness (QED) is 0.650. The molecule has 0 fully saturated rings. The van der Waals surface area contributed by atoms with Crippen LogP contribution in [0.15, 0.2) is 47.8 Å². The molecule has 25 heavy (non-hydrogen) atoms. The molecule has 0 spiro atoms. The van der Waals surface area contributed by atoms with Crippen molar-refractivity contribution >= 4 is 17.2 Å². The van der Waals surface area contributed by atoms with E-state index in [1.165, 1.54) is 4.80 Å². The number of hydrogen-bond acceptors (Lipinski definition) is 6. The highest BCUT2D eigenvalue weighted by atomic mass is 32.1. The van der Waals surface area contributed by atoms with Crippen molar-refractivity contribution < 1.29 is 9.53 Å². The van der Waals surface area contributed by atoms with Crippen LogP contribution in [0.5, 0.6) is 5.75 Å². The van der Waals surface area contributed by atoms with Gasteiger partial charge in [0.15, 0.2) is 6.61 Å². The second kappa shape index (κ2) is 7.89. The largest absolute Gasteiger partial charge is 0.485 e. The van der Waals surface area contributed by atoms with Crippen molar-refractivity contribution in [2.24, 2.45) is 0 Å². The summed E-state index contributed by atoms with van der Waals surface area (Å²) in [6, 6.07) is 13.4. The number of rotatable bonds is 7. The topological polar surface area (TPSA) is 73.1 Å². The predicted molar refractivity (Wildman–Crippen MR) is 94.1 cm³/mol. The van der Waals surface area contributed by atoms with E-state index < -0.39 is 0 Å². The molecule has 0 bridgehead atoms. The normalized spacial score (nSPS) is 11.9. The van der Waals surface area contributed by atoms with E-state index in [4.69, 9.17) is 4.74 Å². The summed E-state index contributed by atoms with van der Waals surface area (Å²) in [6.45, 7) is 2.25. The molecule has 1 aromatic carbocycles. The van der Waals surface area contributed by atoms with Gasteiger partial charge in [-0.15, -0.1) is 21.5 Å². The van der Waals surface area contributed by atoms with Crippen LogP contribution >= 0.6 is 11.3 Å². The Balaban J connectivity index is 1.54. The number of carbonyl (C=O) groups excluding carboxylic acids is 1. The third-order valence-corrected chi connectivity index (χ3v) is 4.85. The average molecular weight is 357 g/mol. The first-order valence-corrected chi connectivity index (χ1v) is 8.75. The Morgan fingerprint density at radius 2 is 2.08 bits per heavy atom. The van der Waals surface area contributed by atoms with Crippen LogP contribution in [0.4, 0.5) is 0 Å². The standard InChI is InChI=1S/C17H19N5O2S/c1-13(15-9-6-10-25-15)21(2)17(23)11-22-19-16(18-20-22)12-24-14-7-4-3-5-8-14/h3-10,13H,11-12H2,1-2H3/t13-/m0/s1. The molecular weight excluding hydrogens is 338 g/mol. The van der Waals surface area contributed by atoms with E-state index in [1.807, 2.05) is 54.8 Å². The smallest absolute Gasteiger partial charge is 0.246 e. The molecule has 1 atom stereocenters. The molecule has 3 rings (SSSR count). The minimum absolute atomic E-state index is 0.0110. The zero-order valence-corrected chi connectivity index (χ0v) is 14.9. The Kier molecular flexibility index (Phi) is 5.39. The molecule has 0 aliphatic carbocycles. The maximum Gasteiger partial charge on any atom is 0.246 e. The number of tetrazole rings is 1. The van der Waals surface area contributed by atoms with Gasteiger partial charge in [0.25, 0.3) is 0 Å². The molecule has 0 N–H and O–H groups in total. The third-order valence-electron chi connectivity index (χ3n) is 3.81. The Morgan fingerprint density at radius 3 is 2.80 bits per heavy atom. The number of aromatic nitrogens is 4. The molecule has 7 nitrogen and oxygen atoms in total. The van der Waals surface area contributed by atoms with Crippen LogP contribution in [0.1, 0.15) is 23.7 Å². The van der Waals surface area contributed by atoms with Crippen molar-refractivity contribution in [1.29, 1.82) is 0 Å². The fourth-order valence-electron chi connectivity index (χ4n) is 2.23. The summed E-state index contributed by atoms with van der Waals surface area (Å²) >= 11 is 1.63. The molecule has 2 heterocycles. The second-order valence-corrected chi connectivity index (χ2v) is 6.51. The van der Waals surface area contributed by atoms with Gasteiger partial charge in [-0.05, 0) is 35.7 Å². The number of amides is 1. The number of carbonyl (C=O) groups is 1. The monoisotopic (exact) mass is 357 g/mol. The van der Waals surface area contributed by atoms with Crippen LogP contribution < -0.4 is 4.74 Å². The summed E-state index contributed by atoms with van der Waals surface area (Å²) in [4.78, 5) is 16.5. The van der Waals surface area contributed by atoms with E-state index in [1.54, 1.807) is 23.3 Å². The van der Waals surface area contributed by atoms with Gasteiger partial charge in [-0.25, -0.2) is 0 Å². The molecule has 1 amide bonds. The summed E-state index contributed by atoms with van der Waals surface area (Å²) < 4.78 is 5.57. The van der Waals surface area contributed by atoms with Gasteiger partial charge >= 0.3 is 0 Å². The van der Waals surface area contributed by atoms with Gasteiger partial charge in [0, 0.05) is 11.9 Å². The van der Waals surface area contributed by atoms with Crippen LogP contribution in [-0.4, -0.2) is 38.1 Å². The molecule has 0 saturated heterocycles. The molecule has 0 unspecified atom stereocenters. The molecule has 3 aromatic rings. The number of benzene rings is 1. The van der Waals surface area contributed by atoms with Gasteiger partial charge in [-0.3, -0.25) is 4.79 Å². The first-order valence-electron chi connectivity index (χ1n) is 7.87. The SMILES string of the molecule is C[C@@H](c1cccs1)N(C)C(=O)Cn1nnc(COc2ccccc2)n1. The number of para-hydroxylation sites is 1. The number of likely N-dealkylation sites (N-methyl/N-ethyl adjacent to an activating group) is 1. The van der Waals surface area contributed by atoms with Crippen molar-refractivity contribution in [1.82, 2.24) is 25.1 Å². The molecule has 2 aromatic heterocycles. The van der Waals surface area contributed by atoms with Gasteiger partial charge in [-0.1, -0.05) is 24.3 Å². The van der Waals surface area contributed by atoms with Crippen molar-refractivity contribution in [2.75, 3.05) is 7.05 Å². The lowest BCUT2D eigenvalue weighted by molar-refractivity contribution is -0.132. The highest BCUT2D eigenvalue weighted by Gasteiger charge is 2.19. The first-order chi connectivity index (χ1) is 12.1. The minimum atomic E-state index is -0.0752. The van der Waals surface area contributed by atoms with Gasteiger partial charge in [0.05, 0.1) is 6.04 Å². The Labute approximate surface area is 149 Å². The number of hydrogen-bond donors (Lipinski definition) is 0. The van der Waals surface area contributed by atoms with E-state index in [2.05, 4.69) is 15.4 Å². The lowest BCUT2D eigenvalue weighted by Gasteiger charge is -2.23. The number of ether oxygens (including phenoxy) is 1. The van der Waals surface area contributed by atoms with Crippen molar-refractivity contribution in [2.45, 2.75) is 26.1 Å². The predicted octanol–water partition coefficient (Wildman–Crippen LogP) is 2.53. The van der Waals surface area contributed by atoms with Gasteiger partial charge in [0.2, 0.25) is 11.7 Å². The maximum atomic E-state index is 12.4. The highest BCUT2D eigenvalue weighted by molar-refractivity contribution is 7.10. The fourth-order valence-corrected chi connectivity index (χ4v) is 3.06. The van der Waals surface area contributed by atoms with Gasteiger partial charge < -0.3 is 9.64 Å². The molecule has 0 aliphatic heterocycles. The summed E-state index contributed by atoms with van der Waals surface area (Å²) in [6.07, 6.45) is 0. The molecular formula is C17H19N5O2S. The Morgan fingerprint density at radius 1 is 1.28 bits per heavy atom. The van der Waals surface area contributed by atoms with E-state index in [9.17, 15) is 4.79 Å². The third kappa shape index (κ3) is 4.42. The second-order valence-electron chi connectivity index (χ2n) is 5.53. The zero-order valence-electron chi connectivity index (χ0n) is 14.1. The fraction of sp³-hybridized carbons (Fsp3) is 0.294. The van der Waals surface area contributed by atoms with Crippen LogP contribution in [0, 0.1) is 0 Å². The van der Waals surface area contributed by atoms with Crippen LogP contribution in [0.3, 0.4) is 0 Å². The van der Waals surface area contributed by atoms with Crippen molar-refractivity contribution in [3.05, 3.63) is 58.5 Å². The van der Waals surface area contributed by atoms with Crippen LogP contribution in [-0.2, 0) is 17.9 Å². The highest BCUT2D eigenvalue weighted by Crippen LogP contribution is 2.23. The lowest BCUT2D eigenvalue weighted by atomic mass is 10.2. The summed E-state index contributed by atoms with van der Waals surface area (Å²) in [5.41, 5.74) is 0. The average Bonchev–Trinajstić information content (AvgIpc) is 3.31. The molecule has 0 aliphatic rings. The zero-order chi connectivity index (χ0) is 17.6.